The van der Waals surface area contributed by atoms with Gasteiger partial charge in [0, 0.05) is 18.5 Å². The summed E-state index contributed by atoms with van der Waals surface area (Å²) in [4.78, 5) is 14.1. The molecule has 1 fully saturated rings. The van der Waals surface area contributed by atoms with Crippen molar-refractivity contribution >= 4 is 5.91 Å². The van der Waals surface area contributed by atoms with Crippen LogP contribution in [0.4, 0.5) is 4.39 Å². The quantitative estimate of drug-likeness (QED) is 0.806. The summed E-state index contributed by atoms with van der Waals surface area (Å²) in [5.74, 6) is 0.0821. The molecule has 0 spiro atoms. The SMILES string of the molecule is CC(C)C(=O)N1CCCC1Cc1ccc(F)cc1. The maximum absolute atomic E-state index is 12.8. The molecule has 0 aromatic heterocycles. The molecule has 1 aromatic rings. The highest BCUT2D eigenvalue weighted by Crippen LogP contribution is 2.23. The van der Waals surface area contributed by atoms with Crippen LogP contribution in [0.25, 0.3) is 0 Å². The minimum Gasteiger partial charge on any atom is -0.339 e. The van der Waals surface area contributed by atoms with E-state index in [1.165, 1.54) is 12.1 Å². The Labute approximate surface area is 108 Å². The lowest BCUT2D eigenvalue weighted by Gasteiger charge is -2.26. The molecule has 1 unspecified atom stereocenters. The van der Waals surface area contributed by atoms with Crippen molar-refractivity contribution in [3.63, 3.8) is 0 Å². The van der Waals surface area contributed by atoms with E-state index in [1.54, 1.807) is 0 Å². The fraction of sp³-hybridized carbons (Fsp3) is 0.533. The van der Waals surface area contributed by atoms with Crippen molar-refractivity contribution in [3.8, 4) is 0 Å². The van der Waals surface area contributed by atoms with Crippen LogP contribution in [0, 0.1) is 11.7 Å². The smallest absolute Gasteiger partial charge is 0.225 e. The first-order valence-corrected chi connectivity index (χ1v) is 6.63. The van der Waals surface area contributed by atoms with Gasteiger partial charge in [0.1, 0.15) is 5.82 Å². The second-order valence-electron chi connectivity index (χ2n) is 5.31. The zero-order chi connectivity index (χ0) is 13.1. The molecule has 0 radical (unpaired) electrons. The van der Waals surface area contributed by atoms with Crippen molar-refractivity contribution in [3.05, 3.63) is 35.6 Å². The van der Waals surface area contributed by atoms with Crippen molar-refractivity contribution in [2.75, 3.05) is 6.54 Å². The molecule has 1 atom stereocenters. The number of hydrogen-bond acceptors (Lipinski definition) is 1. The first kappa shape index (κ1) is 13.1. The summed E-state index contributed by atoms with van der Waals surface area (Å²) >= 11 is 0. The van der Waals surface area contributed by atoms with Gasteiger partial charge in [-0.25, -0.2) is 4.39 Å². The molecule has 2 nitrogen and oxygen atoms in total. The Balaban J connectivity index is 2.04. The van der Waals surface area contributed by atoms with E-state index in [-0.39, 0.29) is 23.7 Å². The van der Waals surface area contributed by atoms with E-state index >= 15 is 0 Å². The lowest BCUT2D eigenvalue weighted by molar-refractivity contribution is -0.135. The van der Waals surface area contributed by atoms with Crippen LogP contribution in [0.15, 0.2) is 24.3 Å². The Kier molecular flexibility index (Phi) is 4.00. The normalized spacial score (nSPS) is 19.6. The topological polar surface area (TPSA) is 20.3 Å². The number of amides is 1. The fourth-order valence-electron chi connectivity index (χ4n) is 2.56. The van der Waals surface area contributed by atoms with Crippen LogP contribution < -0.4 is 0 Å². The van der Waals surface area contributed by atoms with E-state index in [1.807, 2.05) is 30.9 Å². The van der Waals surface area contributed by atoms with Gasteiger partial charge in [-0.1, -0.05) is 26.0 Å². The number of rotatable bonds is 3. The van der Waals surface area contributed by atoms with Gasteiger partial charge in [-0.05, 0) is 37.0 Å². The van der Waals surface area contributed by atoms with Gasteiger partial charge < -0.3 is 4.90 Å². The van der Waals surface area contributed by atoms with Crippen LogP contribution >= 0.6 is 0 Å². The Bertz CT molecular complexity index is 413. The molecule has 1 heterocycles. The van der Waals surface area contributed by atoms with Gasteiger partial charge >= 0.3 is 0 Å². The van der Waals surface area contributed by atoms with E-state index < -0.39 is 0 Å². The maximum atomic E-state index is 12.8. The lowest BCUT2D eigenvalue weighted by Crippen LogP contribution is -2.39. The zero-order valence-electron chi connectivity index (χ0n) is 11.0. The van der Waals surface area contributed by atoms with Gasteiger partial charge in [0.05, 0.1) is 0 Å². The molecular weight excluding hydrogens is 229 g/mol. The van der Waals surface area contributed by atoms with E-state index in [4.69, 9.17) is 0 Å². The monoisotopic (exact) mass is 249 g/mol. The zero-order valence-corrected chi connectivity index (χ0v) is 11.0. The molecule has 1 aliphatic rings. The summed E-state index contributed by atoms with van der Waals surface area (Å²) in [6.07, 6.45) is 2.96. The first-order valence-electron chi connectivity index (χ1n) is 6.63. The first-order chi connectivity index (χ1) is 8.58. The van der Waals surface area contributed by atoms with E-state index in [2.05, 4.69) is 0 Å². The highest BCUT2D eigenvalue weighted by molar-refractivity contribution is 5.78. The molecule has 18 heavy (non-hydrogen) atoms. The van der Waals surface area contributed by atoms with Gasteiger partial charge in [0.15, 0.2) is 0 Å². The highest BCUT2D eigenvalue weighted by Gasteiger charge is 2.29. The maximum Gasteiger partial charge on any atom is 0.225 e. The largest absolute Gasteiger partial charge is 0.339 e. The third kappa shape index (κ3) is 2.89. The summed E-state index contributed by atoms with van der Waals surface area (Å²) in [6, 6.07) is 6.88. The van der Waals surface area contributed by atoms with Crippen LogP contribution in [0.3, 0.4) is 0 Å². The Morgan fingerprint density at radius 3 is 2.67 bits per heavy atom. The van der Waals surface area contributed by atoms with Crippen molar-refractivity contribution in [1.29, 1.82) is 0 Å². The predicted octanol–water partition coefficient (Wildman–Crippen LogP) is 3.02. The number of nitrogens with zero attached hydrogens (tertiary/aromatic N) is 1. The average Bonchev–Trinajstić information content (AvgIpc) is 2.79. The van der Waals surface area contributed by atoms with Crippen molar-refractivity contribution < 1.29 is 9.18 Å². The minimum absolute atomic E-state index is 0.0545. The summed E-state index contributed by atoms with van der Waals surface area (Å²) < 4.78 is 12.8. The fourth-order valence-corrected chi connectivity index (χ4v) is 2.56. The van der Waals surface area contributed by atoms with Crippen molar-refractivity contribution in [2.45, 2.75) is 39.2 Å². The average molecular weight is 249 g/mol. The van der Waals surface area contributed by atoms with Crippen LogP contribution in [-0.4, -0.2) is 23.4 Å². The van der Waals surface area contributed by atoms with Crippen LogP contribution in [0.1, 0.15) is 32.3 Å². The van der Waals surface area contributed by atoms with Gasteiger partial charge in [-0.3, -0.25) is 4.79 Å². The second kappa shape index (κ2) is 5.51. The number of likely N-dealkylation sites (tertiary alicyclic amines) is 1. The Morgan fingerprint density at radius 2 is 2.06 bits per heavy atom. The summed E-state index contributed by atoms with van der Waals surface area (Å²) in [7, 11) is 0. The van der Waals surface area contributed by atoms with Crippen LogP contribution in [0.5, 0.6) is 0 Å². The molecule has 3 heteroatoms. The molecule has 1 saturated heterocycles. The number of hydrogen-bond donors (Lipinski definition) is 0. The number of halogens is 1. The van der Waals surface area contributed by atoms with Gasteiger partial charge in [-0.2, -0.15) is 0 Å². The van der Waals surface area contributed by atoms with Crippen molar-refractivity contribution in [2.24, 2.45) is 5.92 Å². The molecule has 1 aromatic carbocycles. The van der Waals surface area contributed by atoms with Crippen LogP contribution in [-0.2, 0) is 11.2 Å². The molecule has 0 aliphatic carbocycles. The van der Waals surface area contributed by atoms with Gasteiger partial charge in [0.2, 0.25) is 5.91 Å². The van der Waals surface area contributed by atoms with E-state index in [0.717, 1.165) is 31.4 Å². The number of benzene rings is 1. The lowest BCUT2D eigenvalue weighted by atomic mass is 10.0. The van der Waals surface area contributed by atoms with Gasteiger partial charge in [-0.15, -0.1) is 0 Å². The summed E-state index contributed by atoms with van der Waals surface area (Å²) in [6.45, 7) is 4.74. The predicted molar refractivity (Wildman–Crippen MR) is 69.7 cm³/mol. The van der Waals surface area contributed by atoms with Crippen molar-refractivity contribution in [1.82, 2.24) is 4.90 Å². The minimum atomic E-state index is -0.208. The molecule has 2 rings (SSSR count). The standard InChI is InChI=1S/C15H20FNO/c1-11(2)15(18)17-9-3-4-14(17)10-12-5-7-13(16)8-6-12/h5-8,11,14H,3-4,9-10H2,1-2H3. The molecule has 98 valence electrons. The van der Waals surface area contributed by atoms with E-state index in [0.29, 0.717) is 0 Å². The summed E-state index contributed by atoms with van der Waals surface area (Å²) in [5.41, 5.74) is 1.10. The molecule has 1 aliphatic heterocycles. The summed E-state index contributed by atoms with van der Waals surface area (Å²) in [5, 5.41) is 0. The Hall–Kier alpha value is -1.38. The third-order valence-corrected chi connectivity index (χ3v) is 3.54. The molecular formula is C15H20FNO. The molecule has 1 amide bonds. The van der Waals surface area contributed by atoms with E-state index in [9.17, 15) is 9.18 Å². The molecule has 0 bridgehead atoms. The third-order valence-electron chi connectivity index (χ3n) is 3.54. The Morgan fingerprint density at radius 1 is 1.39 bits per heavy atom. The number of carbonyl (C=O) groups is 1. The number of carbonyl (C=O) groups excluding carboxylic acids is 1. The molecule has 0 N–H and O–H groups in total. The van der Waals surface area contributed by atoms with Crippen LogP contribution in [0.2, 0.25) is 0 Å². The molecule has 0 saturated carbocycles. The van der Waals surface area contributed by atoms with Gasteiger partial charge in [0.25, 0.3) is 0 Å². The second-order valence-corrected chi connectivity index (χ2v) is 5.31. The highest BCUT2D eigenvalue weighted by atomic mass is 19.1.